The Hall–Kier alpha value is -2.05. The molecule has 0 aliphatic carbocycles. The lowest BCUT2D eigenvalue weighted by Gasteiger charge is -2.11. The number of hydrogen-bond acceptors (Lipinski definition) is 2. The fraction of sp³-hybridized carbons (Fsp3) is 0.250. The first-order valence-electron chi connectivity index (χ1n) is 5.29. The summed E-state index contributed by atoms with van der Waals surface area (Å²) < 4.78 is 51.3. The molecule has 1 rings (SSSR count). The molecular formula is C12H12F4N2O. The van der Waals surface area contributed by atoms with Gasteiger partial charge < -0.3 is 11.1 Å². The van der Waals surface area contributed by atoms with Gasteiger partial charge in [-0.3, -0.25) is 4.79 Å². The highest BCUT2D eigenvalue weighted by molar-refractivity contribution is 5.73. The Morgan fingerprint density at radius 1 is 1.42 bits per heavy atom. The summed E-state index contributed by atoms with van der Waals surface area (Å²) in [5.41, 5.74) is 3.20. The summed E-state index contributed by atoms with van der Waals surface area (Å²) >= 11 is 0. The largest absolute Gasteiger partial charge is 0.417 e. The van der Waals surface area contributed by atoms with Crippen LogP contribution in [-0.4, -0.2) is 12.5 Å². The van der Waals surface area contributed by atoms with Crippen molar-refractivity contribution in [3.63, 3.8) is 0 Å². The van der Waals surface area contributed by atoms with Gasteiger partial charge in [-0.05, 0) is 17.7 Å². The van der Waals surface area contributed by atoms with E-state index >= 15 is 0 Å². The van der Waals surface area contributed by atoms with Gasteiger partial charge in [0.2, 0.25) is 5.91 Å². The molecule has 0 saturated heterocycles. The molecule has 7 heteroatoms. The topological polar surface area (TPSA) is 55.1 Å². The van der Waals surface area contributed by atoms with E-state index in [2.05, 4.69) is 5.32 Å². The molecular weight excluding hydrogens is 264 g/mol. The number of hydrogen-bond donors (Lipinski definition) is 2. The van der Waals surface area contributed by atoms with Crippen molar-refractivity contribution in [2.45, 2.75) is 13.1 Å². The first-order valence-corrected chi connectivity index (χ1v) is 5.29. The number of rotatable bonds is 3. The molecule has 1 aromatic carbocycles. The van der Waals surface area contributed by atoms with E-state index in [4.69, 9.17) is 5.73 Å². The summed E-state index contributed by atoms with van der Waals surface area (Å²) in [6, 6.07) is 1.26. The minimum Gasteiger partial charge on any atom is -0.396 e. The lowest BCUT2D eigenvalue weighted by molar-refractivity contribution is -0.137. The molecule has 1 amide bonds. The number of nitrogen functional groups attached to an aromatic ring is 1. The minimum atomic E-state index is -4.63. The van der Waals surface area contributed by atoms with E-state index in [1.54, 1.807) is 0 Å². The molecule has 0 atom stereocenters. The molecule has 0 aromatic heterocycles. The predicted molar refractivity (Wildman–Crippen MR) is 63.5 cm³/mol. The van der Waals surface area contributed by atoms with Crippen molar-refractivity contribution in [2.24, 2.45) is 0 Å². The quantitative estimate of drug-likeness (QED) is 0.658. The fourth-order valence-corrected chi connectivity index (χ4v) is 1.38. The van der Waals surface area contributed by atoms with E-state index in [0.29, 0.717) is 12.1 Å². The van der Waals surface area contributed by atoms with Gasteiger partial charge in [0.1, 0.15) is 5.82 Å². The van der Waals surface area contributed by atoms with Crippen molar-refractivity contribution in [2.75, 3.05) is 12.3 Å². The molecule has 0 aliphatic rings. The number of amides is 1. The zero-order valence-corrected chi connectivity index (χ0v) is 10.0. The van der Waals surface area contributed by atoms with Crippen LogP contribution in [-0.2, 0) is 11.0 Å². The Labute approximate surface area is 107 Å². The molecule has 0 radical (unpaired) electrons. The normalized spacial score (nSPS) is 11.8. The summed E-state index contributed by atoms with van der Waals surface area (Å²) in [4.78, 5) is 10.6. The van der Waals surface area contributed by atoms with E-state index < -0.39 is 23.2 Å². The Morgan fingerprint density at radius 3 is 2.58 bits per heavy atom. The van der Waals surface area contributed by atoms with Crippen molar-refractivity contribution >= 4 is 17.7 Å². The van der Waals surface area contributed by atoms with Crippen molar-refractivity contribution in [3.05, 3.63) is 35.2 Å². The van der Waals surface area contributed by atoms with Crippen LogP contribution in [0.2, 0.25) is 0 Å². The molecule has 0 heterocycles. The maximum absolute atomic E-state index is 13.2. The Balaban J connectivity index is 3.05. The number of carbonyl (C=O) groups excluding carboxylic acids is 1. The van der Waals surface area contributed by atoms with Crippen LogP contribution in [0, 0.1) is 5.82 Å². The van der Waals surface area contributed by atoms with Crippen LogP contribution < -0.4 is 11.1 Å². The molecule has 3 N–H and O–H groups in total. The number of benzene rings is 1. The van der Waals surface area contributed by atoms with Crippen LogP contribution in [0.15, 0.2) is 18.2 Å². The third kappa shape index (κ3) is 4.27. The third-order valence-electron chi connectivity index (χ3n) is 2.24. The molecule has 0 unspecified atom stereocenters. The summed E-state index contributed by atoms with van der Waals surface area (Å²) in [5.74, 6) is -1.24. The molecule has 0 aliphatic heterocycles. The molecule has 104 valence electrons. The Kier molecular flexibility index (Phi) is 4.52. The SMILES string of the molecule is CC(=O)NCC=Cc1cc(F)c(N)cc1C(F)(F)F. The monoisotopic (exact) mass is 276 g/mol. The van der Waals surface area contributed by atoms with Gasteiger partial charge in [-0.15, -0.1) is 0 Å². The third-order valence-corrected chi connectivity index (χ3v) is 2.24. The second kappa shape index (κ2) is 5.73. The van der Waals surface area contributed by atoms with Crippen molar-refractivity contribution in [1.82, 2.24) is 5.32 Å². The molecule has 1 aromatic rings. The van der Waals surface area contributed by atoms with Gasteiger partial charge in [0.25, 0.3) is 0 Å². The highest BCUT2D eigenvalue weighted by Gasteiger charge is 2.33. The van der Waals surface area contributed by atoms with Crippen LogP contribution in [0.5, 0.6) is 0 Å². The molecule has 3 nitrogen and oxygen atoms in total. The van der Waals surface area contributed by atoms with E-state index in [9.17, 15) is 22.4 Å². The maximum Gasteiger partial charge on any atom is 0.417 e. The number of nitrogens with one attached hydrogen (secondary N) is 1. The van der Waals surface area contributed by atoms with E-state index in [0.717, 1.165) is 6.08 Å². The van der Waals surface area contributed by atoms with Gasteiger partial charge in [0.15, 0.2) is 0 Å². The summed E-state index contributed by atoms with van der Waals surface area (Å²) in [5, 5.41) is 2.37. The zero-order chi connectivity index (χ0) is 14.6. The average Bonchev–Trinajstić information content (AvgIpc) is 2.27. The second-order valence-electron chi connectivity index (χ2n) is 3.80. The van der Waals surface area contributed by atoms with Crippen LogP contribution >= 0.6 is 0 Å². The molecule has 0 fully saturated rings. The van der Waals surface area contributed by atoms with Crippen LogP contribution in [0.4, 0.5) is 23.2 Å². The predicted octanol–water partition coefficient (Wildman–Crippen LogP) is 2.58. The minimum absolute atomic E-state index is 0.0542. The maximum atomic E-state index is 13.2. The van der Waals surface area contributed by atoms with Gasteiger partial charge >= 0.3 is 6.18 Å². The van der Waals surface area contributed by atoms with E-state index in [1.165, 1.54) is 13.0 Å². The number of anilines is 1. The number of nitrogens with two attached hydrogens (primary N) is 1. The van der Waals surface area contributed by atoms with Gasteiger partial charge in [-0.2, -0.15) is 13.2 Å². The van der Waals surface area contributed by atoms with Gasteiger partial charge in [-0.25, -0.2) is 4.39 Å². The molecule has 0 bridgehead atoms. The lowest BCUT2D eigenvalue weighted by atomic mass is 10.0. The molecule has 0 spiro atoms. The van der Waals surface area contributed by atoms with Gasteiger partial charge in [-0.1, -0.05) is 12.2 Å². The van der Waals surface area contributed by atoms with E-state index in [-0.39, 0.29) is 18.0 Å². The highest BCUT2D eigenvalue weighted by atomic mass is 19.4. The second-order valence-corrected chi connectivity index (χ2v) is 3.80. The zero-order valence-electron chi connectivity index (χ0n) is 10.0. The van der Waals surface area contributed by atoms with Crippen molar-refractivity contribution in [1.29, 1.82) is 0 Å². The number of carbonyl (C=O) groups is 1. The molecule has 0 saturated carbocycles. The van der Waals surface area contributed by atoms with Crippen LogP contribution in [0.1, 0.15) is 18.1 Å². The Bertz CT molecular complexity index is 509. The smallest absolute Gasteiger partial charge is 0.396 e. The van der Waals surface area contributed by atoms with Gasteiger partial charge in [0, 0.05) is 13.5 Å². The van der Waals surface area contributed by atoms with Crippen LogP contribution in [0.25, 0.3) is 6.08 Å². The summed E-state index contributed by atoms with van der Waals surface area (Å²) in [7, 11) is 0. The lowest BCUT2D eigenvalue weighted by Crippen LogP contribution is -2.19. The summed E-state index contributed by atoms with van der Waals surface area (Å²) in [6.45, 7) is 1.33. The Morgan fingerprint density at radius 2 is 2.05 bits per heavy atom. The van der Waals surface area contributed by atoms with Crippen molar-refractivity contribution < 1.29 is 22.4 Å². The van der Waals surface area contributed by atoms with Gasteiger partial charge in [0.05, 0.1) is 11.3 Å². The summed E-state index contributed by atoms with van der Waals surface area (Å²) in [6.07, 6.45) is -2.25. The van der Waals surface area contributed by atoms with Crippen LogP contribution in [0.3, 0.4) is 0 Å². The highest BCUT2D eigenvalue weighted by Crippen LogP contribution is 2.34. The fourth-order valence-electron chi connectivity index (χ4n) is 1.38. The average molecular weight is 276 g/mol. The molecule has 19 heavy (non-hydrogen) atoms. The van der Waals surface area contributed by atoms with E-state index in [1.807, 2.05) is 0 Å². The standard InChI is InChI=1S/C12H12F4N2O/c1-7(19)18-4-2-3-8-5-10(13)11(17)6-9(8)12(14,15)16/h2-3,5-6H,4,17H2,1H3,(H,18,19). The number of halogens is 4. The number of alkyl halides is 3. The first-order chi connectivity index (χ1) is 8.71. The first kappa shape index (κ1) is 15.0. The van der Waals surface area contributed by atoms with Crippen molar-refractivity contribution in [3.8, 4) is 0 Å².